The molecular formula is C23H23O2P. The summed E-state index contributed by atoms with van der Waals surface area (Å²) in [5.74, 6) is 1.81. The van der Waals surface area contributed by atoms with Crippen LogP contribution in [0.5, 0.6) is 0 Å². The van der Waals surface area contributed by atoms with Gasteiger partial charge in [-0.2, -0.15) is 0 Å². The highest BCUT2D eigenvalue weighted by atomic mass is 31.2. The van der Waals surface area contributed by atoms with E-state index < -0.39 is 7.37 Å². The summed E-state index contributed by atoms with van der Waals surface area (Å²) in [7, 11) is -3.18. The molecule has 0 aliphatic heterocycles. The van der Waals surface area contributed by atoms with Crippen LogP contribution < -0.4 is 5.30 Å². The van der Waals surface area contributed by atoms with Crippen LogP contribution in [0.3, 0.4) is 0 Å². The average Bonchev–Trinajstić information content (AvgIpc) is 2.68. The van der Waals surface area contributed by atoms with E-state index in [1.54, 1.807) is 0 Å². The van der Waals surface area contributed by atoms with Crippen molar-refractivity contribution >= 4 is 18.2 Å². The van der Waals surface area contributed by atoms with E-state index in [0.717, 1.165) is 16.7 Å². The second-order valence-corrected chi connectivity index (χ2v) is 8.54. The molecule has 1 atom stereocenters. The normalized spacial score (nSPS) is 13.2. The lowest BCUT2D eigenvalue weighted by molar-refractivity contribution is 0.253. The van der Waals surface area contributed by atoms with Crippen molar-refractivity contribution in [3.63, 3.8) is 0 Å². The third-order valence-electron chi connectivity index (χ3n) is 3.95. The van der Waals surface area contributed by atoms with Gasteiger partial charge in [0, 0.05) is 11.1 Å². The summed E-state index contributed by atoms with van der Waals surface area (Å²) in [6, 6.07) is 29.5. The van der Waals surface area contributed by atoms with Crippen LogP contribution >= 0.6 is 7.37 Å². The van der Waals surface area contributed by atoms with Gasteiger partial charge in [0.2, 0.25) is 0 Å². The lowest BCUT2D eigenvalue weighted by atomic mass is 10.00. The summed E-state index contributed by atoms with van der Waals surface area (Å²) in [5.41, 5.74) is 2.95. The van der Waals surface area contributed by atoms with Gasteiger partial charge in [0.05, 0.1) is 6.10 Å². The highest BCUT2D eigenvalue weighted by molar-refractivity contribution is 7.70. The minimum atomic E-state index is -3.18. The Morgan fingerprint density at radius 1 is 0.769 bits per heavy atom. The van der Waals surface area contributed by atoms with Gasteiger partial charge in [0.1, 0.15) is 0 Å². The van der Waals surface area contributed by atoms with Crippen molar-refractivity contribution in [1.29, 1.82) is 0 Å². The summed E-state index contributed by atoms with van der Waals surface area (Å²) in [6.45, 7) is 3.82. The molecule has 26 heavy (non-hydrogen) atoms. The standard InChI is InChI=1S/C23H23O2P/c1-19(2)25-26(24,22-16-10-5-11-17-22)18-23(20-12-6-3-7-13-20)21-14-8-4-9-15-21/h3-19H,1-2H3. The van der Waals surface area contributed by atoms with Gasteiger partial charge in [0.15, 0.2) is 0 Å². The number of rotatable bonds is 6. The van der Waals surface area contributed by atoms with Crippen LogP contribution in [0.4, 0.5) is 0 Å². The maximum Gasteiger partial charge on any atom is 0.255 e. The highest BCUT2D eigenvalue weighted by Crippen LogP contribution is 2.51. The van der Waals surface area contributed by atoms with Crippen LogP contribution in [-0.2, 0) is 9.09 Å². The highest BCUT2D eigenvalue weighted by Gasteiger charge is 2.26. The Hall–Kier alpha value is -2.41. The number of benzene rings is 3. The third kappa shape index (κ3) is 4.40. The zero-order chi connectivity index (χ0) is 18.4. The van der Waals surface area contributed by atoms with Crippen LogP contribution in [-0.4, -0.2) is 6.10 Å². The largest absolute Gasteiger partial charge is 0.320 e. The van der Waals surface area contributed by atoms with Crippen LogP contribution in [0.15, 0.2) is 96.8 Å². The van der Waals surface area contributed by atoms with Gasteiger partial charge in [-0.05, 0) is 42.7 Å². The summed E-state index contributed by atoms with van der Waals surface area (Å²) in [6.07, 6.45) is -0.148. The Kier molecular flexibility index (Phi) is 5.88. The van der Waals surface area contributed by atoms with E-state index in [1.165, 1.54) is 0 Å². The Labute approximate surface area is 155 Å². The van der Waals surface area contributed by atoms with Crippen molar-refractivity contribution in [2.45, 2.75) is 20.0 Å². The molecule has 0 aliphatic carbocycles. The Morgan fingerprint density at radius 3 is 1.62 bits per heavy atom. The van der Waals surface area contributed by atoms with Crippen molar-refractivity contribution in [1.82, 2.24) is 0 Å². The van der Waals surface area contributed by atoms with Crippen molar-refractivity contribution in [2.75, 3.05) is 0 Å². The van der Waals surface area contributed by atoms with Gasteiger partial charge in [-0.3, -0.25) is 4.57 Å². The van der Waals surface area contributed by atoms with Gasteiger partial charge in [-0.15, -0.1) is 0 Å². The molecule has 1 unspecified atom stereocenters. The van der Waals surface area contributed by atoms with Crippen LogP contribution in [0, 0.1) is 0 Å². The van der Waals surface area contributed by atoms with E-state index in [4.69, 9.17) is 4.52 Å². The predicted molar refractivity (Wildman–Crippen MR) is 110 cm³/mol. The summed E-state index contributed by atoms with van der Waals surface area (Å²) in [5, 5.41) is 0.707. The molecular weight excluding hydrogens is 339 g/mol. The third-order valence-corrected chi connectivity index (χ3v) is 6.30. The molecule has 0 spiro atoms. The van der Waals surface area contributed by atoms with E-state index in [0.29, 0.717) is 5.30 Å². The molecule has 2 nitrogen and oxygen atoms in total. The second kappa shape index (κ2) is 8.31. The molecule has 132 valence electrons. The maximum absolute atomic E-state index is 13.9. The first kappa shape index (κ1) is 18.4. The van der Waals surface area contributed by atoms with Crippen molar-refractivity contribution in [3.05, 3.63) is 108 Å². The molecule has 3 aromatic rings. The van der Waals surface area contributed by atoms with Crippen molar-refractivity contribution < 1.29 is 9.09 Å². The van der Waals surface area contributed by atoms with Gasteiger partial charge >= 0.3 is 0 Å². The summed E-state index contributed by atoms with van der Waals surface area (Å²) in [4.78, 5) is 0. The van der Waals surface area contributed by atoms with Gasteiger partial charge in [0.25, 0.3) is 7.37 Å². The Balaban J connectivity index is 2.20. The first-order chi connectivity index (χ1) is 12.6. The molecule has 3 heteroatoms. The number of hydrogen-bond acceptors (Lipinski definition) is 2. The Bertz CT molecular complexity index is 859. The lowest BCUT2D eigenvalue weighted by Gasteiger charge is -2.20. The molecule has 0 saturated heterocycles. The zero-order valence-corrected chi connectivity index (χ0v) is 16.0. The van der Waals surface area contributed by atoms with Crippen molar-refractivity contribution in [3.8, 4) is 0 Å². The number of hydrogen-bond donors (Lipinski definition) is 0. The fourth-order valence-corrected chi connectivity index (χ4v) is 5.02. The maximum atomic E-state index is 13.9. The van der Waals surface area contributed by atoms with Gasteiger partial charge < -0.3 is 4.52 Å². The average molecular weight is 362 g/mol. The van der Waals surface area contributed by atoms with Crippen molar-refractivity contribution in [2.24, 2.45) is 0 Å². The predicted octanol–water partition coefficient (Wildman–Crippen LogP) is 6.10. The van der Waals surface area contributed by atoms with Gasteiger partial charge in [-0.25, -0.2) is 0 Å². The molecule has 0 fully saturated rings. The molecule has 0 aromatic heterocycles. The van der Waals surface area contributed by atoms with E-state index in [1.807, 2.05) is 111 Å². The molecule has 0 aliphatic rings. The summed E-state index contributed by atoms with van der Waals surface area (Å²) >= 11 is 0. The quantitative estimate of drug-likeness (QED) is 0.495. The van der Waals surface area contributed by atoms with Crippen LogP contribution in [0.25, 0.3) is 5.57 Å². The molecule has 0 heterocycles. The molecule has 0 amide bonds. The SMILES string of the molecule is CC(C)OP(=O)(C=C(c1ccccc1)c1ccccc1)c1ccccc1. The fourth-order valence-electron chi connectivity index (χ4n) is 2.84. The fraction of sp³-hybridized carbons (Fsp3) is 0.130. The van der Waals surface area contributed by atoms with Crippen LogP contribution in [0.1, 0.15) is 25.0 Å². The van der Waals surface area contributed by atoms with E-state index in [9.17, 15) is 4.57 Å². The van der Waals surface area contributed by atoms with Crippen LogP contribution in [0.2, 0.25) is 0 Å². The topological polar surface area (TPSA) is 26.3 Å². The van der Waals surface area contributed by atoms with E-state index in [2.05, 4.69) is 0 Å². The lowest BCUT2D eigenvalue weighted by Crippen LogP contribution is -2.10. The molecule has 0 N–H and O–H groups in total. The second-order valence-electron chi connectivity index (χ2n) is 6.36. The first-order valence-electron chi connectivity index (χ1n) is 8.76. The smallest absolute Gasteiger partial charge is 0.255 e. The summed E-state index contributed by atoms with van der Waals surface area (Å²) < 4.78 is 19.9. The first-order valence-corrected chi connectivity index (χ1v) is 10.5. The molecule has 3 aromatic carbocycles. The van der Waals surface area contributed by atoms with Gasteiger partial charge in [-0.1, -0.05) is 78.9 Å². The minimum absolute atomic E-state index is 0.148. The van der Waals surface area contributed by atoms with E-state index in [-0.39, 0.29) is 6.10 Å². The Morgan fingerprint density at radius 2 is 1.19 bits per heavy atom. The zero-order valence-electron chi connectivity index (χ0n) is 15.1. The van der Waals surface area contributed by atoms with E-state index >= 15 is 0 Å². The minimum Gasteiger partial charge on any atom is -0.320 e. The molecule has 0 saturated carbocycles. The monoisotopic (exact) mass is 362 g/mol. The molecule has 3 rings (SSSR count). The molecule has 0 bridgehead atoms. The molecule has 0 radical (unpaired) electrons.